The third kappa shape index (κ3) is 34.7. The summed E-state index contributed by atoms with van der Waals surface area (Å²) in [7, 11) is 0. The number of unbranched alkanes of at least 4 members (excludes halogenated alkanes) is 19. The number of hydrogen-bond acceptors (Lipinski definition) is 10. The summed E-state index contributed by atoms with van der Waals surface area (Å²) in [5, 5.41) is 56.5. The van der Waals surface area contributed by atoms with Gasteiger partial charge in [0.2, 0.25) is 5.91 Å². The van der Waals surface area contributed by atoms with Gasteiger partial charge in [-0.2, -0.15) is 0 Å². The molecule has 0 saturated carbocycles. The summed E-state index contributed by atoms with van der Waals surface area (Å²) in [4.78, 5) is 26.3. The lowest BCUT2D eigenvalue weighted by Gasteiger charge is -2.41. The van der Waals surface area contributed by atoms with Crippen LogP contribution in [0.4, 0.5) is 0 Å². The van der Waals surface area contributed by atoms with Crippen LogP contribution < -0.4 is 5.32 Å². The molecule has 1 rings (SSSR count). The molecular weight excluding hydrogens is 871 g/mol. The molecule has 0 radical (unpaired) electrons. The van der Waals surface area contributed by atoms with E-state index in [1.165, 1.54) is 96.3 Å². The highest BCUT2D eigenvalue weighted by molar-refractivity contribution is 5.81. The van der Waals surface area contributed by atoms with Crippen molar-refractivity contribution in [1.29, 1.82) is 0 Å². The Morgan fingerprint density at radius 2 is 1.00 bits per heavy atom. The predicted molar refractivity (Wildman–Crippen MR) is 282 cm³/mol. The van der Waals surface area contributed by atoms with Crippen molar-refractivity contribution in [1.82, 2.24) is 5.32 Å². The Morgan fingerprint density at radius 1 is 0.565 bits per heavy atom. The largest absolute Gasteiger partial charge is 0.454 e. The van der Waals surface area contributed by atoms with Gasteiger partial charge in [0.05, 0.1) is 25.4 Å². The van der Waals surface area contributed by atoms with Crippen LogP contribution >= 0.6 is 0 Å². The zero-order valence-corrected chi connectivity index (χ0v) is 43.4. The zero-order chi connectivity index (χ0) is 50.4. The van der Waals surface area contributed by atoms with E-state index in [1.54, 1.807) is 12.2 Å². The van der Waals surface area contributed by atoms with E-state index >= 15 is 0 Å². The highest BCUT2D eigenvalue weighted by Crippen LogP contribution is 2.26. The summed E-state index contributed by atoms with van der Waals surface area (Å²) in [6.07, 6.45) is 48.0. The SMILES string of the molecule is CCCCC/C=C\C/C=C\C/C=C\C/C=C\CCCC(=O)OC1C(OCC(NC(=O)C(O)C/C=C/C/C=C\CCCCCCCC)C(O)/C=C/CCCCCCCCCCC)OC(CO)C(O)C1O. The van der Waals surface area contributed by atoms with E-state index in [9.17, 15) is 35.1 Å². The molecule has 8 unspecified atom stereocenters. The monoisotopic (exact) mass is 970 g/mol. The molecule has 0 aromatic rings. The molecule has 6 N–H and O–H groups in total. The molecule has 69 heavy (non-hydrogen) atoms. The van der Waals surface area contributed by atoms with Crippen LogP contribution in [-0.4, -0.2) is 99.6 Å². The van der Waals surface area contributed by atoms with Gasteiger partial charge in [0, 0.05) is 12.8 Å². The van der Waals surface area contributed by atoms with Crippen LogP contribution in [0.3, 0.4) is 0 Å². The van der Waals surface area contributed by atoms with E-state index in [-0.39, 0.29) is 19.4 Å². The minimum absolute atomic E-state index is 0.0381. The second-order valence-corrected chi connectivity index (χ2v) is 18.6. The van der Waals surface area contributed by atoms with E-state index in [0.717, 1.165) is 57.8 Å². The average molecular weight is 970 g/mol. The summed E-state index contributed by atoms with van der Waals surface area (Å²) in [6, 6.07) is -1.07. The molecule has 11 heteroatoms. The molecule has 1 amide bonds. The van der Waals surface area contributed by atoms with Crippen molar-refractivity contribution in [2.75, 3.05) is 13.2 Å². The third-order valence-electron chi connectivity index (χ3n) is 12.3. The van der Waals surface area contributed by atoms with Crippen LogP contribution in [0.2, 0.25) is 0 Å². The van der Waals surface area contributed by atoms with Crippen molar-refractivity contribution in [3.8, 4) is 0 Å². The van der Waals surface area contributed by atoms with Gasteiger partial charge in [-0.3, -0.25) is 9.59 Å². The van der Waals surface area contributed by atoms with E-state index < -0.39 is 67.4 Å². The zero-order valence-electron chi connectivity index (χ0n) is 43.4. The first-order valence-electron chi connectivity index (χ1n) is 27.4. The van der Waals surface area contributed by atoms with E-state index in [4.69, 9.17) is 14.2 Å². The molecule has 1 aliphatic heterocycles. The first-order chi connectivity index (χ1) is 33.7. The molecule has 396 valence electrons. The number of rotatable bonds is 44. The highest BCUT2D eigenvalue weighted by Gasteiger charge is 2.47. The minimum Gasteiger partial charge on any atom is -0.454 e. The van der Waals surface area contributed by atoms with Crippen molar-refractivity contribution < 1.29 is 49.3 Å². The predicted octanol–water partition coefficient (Wildman–Crippen LogP) is 11.8. The Kier molecular flexibility index (Phi) is 42.5. The lowest BCUT2D eigenvalue weighted by molar-refractivity contribution is -0.305. The van der Waals surface area contributed by atoms with Gasteiger partial charge in [-0.05, 0) is 77.0 Å². The maximum Gasteiger partial charge on any atom is 0.306 e. The standard InChI is InChI=1S/C58H99NO10/c1-4-7-10-13-16-19-22-24-25-26-27-28-31-34-37-40-43-46-53(63)69-56-55(65)54(64)52(47-60)68-58(56)67-48-49(50(61)44-41-38-35-32-29-21-18-15-12-9-6-3)59-57(66)51(62)45-42-39-36-33-30-23-20-17-14-11-8-5-2/h16,19,24-25,27-28,30,33-34,37,39,41-42,44,49-52,54-56,58,60-62,64-65H,4-15,17-18,20-23,26,29,31-32,35-36,38,40,43,45-48H2,1-3H3,(H,59,66)/b19-16-,25-24-,28-27-,33-30-,37-34-,42-39+,44-41+. The number of hydrogen-bond donors (Lipinski definition) is 6. The van der Waals surface area contributed by atoms with Crippen molar-refractivity contribution in [3.05, 3.63) is 85.1 Å². The van der Waals surface area contributed by atoms with Gasteiger partial charge in [0.15, 0.2) is 12.4 Å². The smallest absolute Gasteiger partial charge is 0.306 e. The first-order valence-corrected chi connectivity index (χ1v) is 27.4. The molecule has 1 aliphatic rings. The molecule has 1 saturated heterocycles. The van der Waals surface area contributed by atoms with Crippen molar-refractivity contribution >= 4 is 11.9 Å². The molecule has 1 fully saturated rings. The van der Waals surface area contributed by atoms with Crippen molar-refractivity contribution in [2.45, 2.75) is 256 Å². The highest BCUT2D eigenvalue weighted by atomic mass is 16.7. The fraction of sp³-hybridized carbons (Fsp3) is 0.724. The summed E-state index contributed by atoms with van der Waals surface area (Å²) in [5.41, 5.74) is 0. The quantitative estimate of drug-likeness (QED) is 0.0196. The molecule has 0 bridgehead atoms. The van der Waals surface area contributed by atoms with Gasteiger partial charge in [-0.15, -0.1) is 0 Å². The Morgan fingerprint density at radius 3 is 1.52 bits per heavy atom. The van der Waals surface area contributed by atoms with Gasteiger partial charge in [-0.25, -0.2) is 0 Å². The average Bonchev–Trinajstić information content (AvgIpc) is 3.34. The summed E-state index contributed by atoms with van der Waals surface area (Å²) >= 11 is 0. The van der Waals surface area contributed by atoms with Gasteiger partial charge in [0.25, 0.3) is 0 Å². The topological polar surface area (TPSA) is 175 Å². The van der Waals surface area contributed by atoms with Gasteiger partial charge < -0.3 is 45.1 Å². The number of allylic oxidation sites excluding steroid dienone is 12. The van der Waals surface area contributed by atoms with Crippen LogP contribution in [0.1, 0.15) is 207 Å². The van der Waals surface area contributed by atoms with E-state index in [2.05, 4.69) is 74.7 Å². The third-order valence-corrected chi connectivity index (χ3v) is 12.3. The Balaban J connectivity index is 2.82. The normalized spacial score (nSPS) is 20.5. The molecule has 1 heterocycles. The number of carbonyl (C=O) groups excluding carboxylic acids is 2. The number of ether oxygens (including phenoxy) is 3. The van der Waals surface area contributed by atoms with Crippen molar-refractivity contribution in [2.24, 2.45) is 0 Å². The van der Waals surface area contributed by atoms with Crippen LogP contribution in [0.15, 0.2) is 85.1 Å². The number of carbonyl (C=O) groups is 2. The molecule has 8 atom stereocenters. The molecule has 0 spiro atoms. The Hall–Kier alpha value is -3.16. The van der Waals surface area contributed by atoms with Gasteiger partial charge in [-0.1, -0.05) is 202 Å². The minimum atomic E-state index is -1.65. The van der Waals surface area contributed by atoms with Crippen molar-refractivity contribution in [3.63, 3.8) is 0 Å². The van der Waals surface area contributed by atoms with Crippen LogP contribution in [0.25, 0.3) is 0 Å². The Bertz CT molecular complexity index is 1440. The maximum absolute atomic E-state index is 13.3. The fourth-order valence-electron chi connectivity index (χ4n) is 7.86. The van der Waals surface area contributed by atoms with Crippen LogP contribution in [0, 0.1) is 0 Å². The van der Waals surface area contributed by atoms with Crippen LogP contribution in [-0.2, 0) is 23.8 Å². The Labute approximate surface area is 419 Å². The summed E-state index contributed by atoms with van der Waals surface area (Å²) < 4.78 is 17.4. The van der Waals surface area contributed by atoms with Gasteiger partial charge in [0.1, 0.15) is 24.4 Å². The number of aliphatic hydroxyl groups is 5. The summed E-state index contributed by atoms with van der Waals surface area (Å²) in [6.45, 7) is 5.64. The first kappa shape index (κ1) is 63.9. The van der Waals surface area contributed by atoms with E-state index in [1.807, 2.05) is 24.3 Å². The van der Waals surface area contributed by atoms with E-state index in [0.29, 0.717) is 19.3 Å². The fourth-order valence-corrected chi connectivity index (χ4v) is 7.86. The molecule has 11 nitrogen and oxygen atoms in total. The number of esters is 1. The lowest BCUT2D eigenvalue weighted by Crippen LogP contribution is -2.61. The molecule has 0 aromatic carbocycles. The number of aliphatic hydroxyl groups excluding tert-OH is 5. The molecule has 0 aromatic heterocycles. The summed E-state index contributed by atoms with van der Waals surface area (Å²) in [5.74, 6) is -1.33. The lowest BCUT2D eigenvalue weighted by atomic mass is 9.99. The van der Waals surface area contributed by atoms with Crippen LogP contribution in [0.5, 0.6) is 0 Å². The second-order valence-electron chi connectivity index (χ2n) is 18.6. The number of nitrogens with one attached hydrogen (secondary N) is 1. The number of amides is 1. The second kappa shape index (κ2) is 45.9. The maximum atomic E-state index is 13.3. The molecular formula is C58H99NO10. The van der Waals surface area contributed by atoms with Gasteiger partial charge >= 0.3 is 5.97 Å². The molecule has 0 aliphatic carbocycles.